The maximum Gasteiger partial charge on any atom is 0.237 e. The molecule has 1 aromatic carbocycles. The van der Waals surface area contributed by atoms with E-state index < -0.39 is 0 Å². The third-order valence-electron chi connectivity index (χ3n) is 4.31. The molecule has 0 bridgehead atoms. The second-order valence-electron chi connectivity index (χ2n) is 6.26. The Morgan fingerprint density at radius 2 is 2.18 bits per heavy atom. The molecule has 146 valence electrons. The molecule has 0 aliphatic rings. The predicted octanol–water partition coefficient (Wildman–Crippen LogP) is 5.11. The molecule has 8 heteroatoms. The summed E-state index contributed by atoms with van der Waals surface area (Å²) in [5.41, 5.74) is 2.40. The first kappa shape index (κ1) is 20.2. The second kappa shape index (κ2) is 8.67. The molecule has 2 heterocycles. The molecule has 0 spiro atoms. The summed E-state index contributed by atoms with van der Waals surface area (Å²) in [7, 11) is 0. The fraction of sp³-hybridized carbons (Fsp3) is 0.250. The van der Waals surface area contributed by atoms with E-state index in [0.717, 1.165) is 16.9 Å². The first-order valence-corrected chi connectivity index (χ1v) is 9.99. The molecule has 0 saturated heterocycles. The van der Waals surface area contributed by atoms with Gasteiger partial charge in [0.2, 0.25) is 5.91 Å². The lowest BCUT2D eigenvalue weighted by atomic mass is 10.2. The molecule has 6 nitrogen and oxygen atoms in total. The van der Waals surface area contributed by atoms with E-state index in [1.807, 2.05) is 43.5 Å². The average molecular weight is 417 g/mol. The van der Waals surface area contributed by atoms with Crippen molar-refractivity contribution in [1.29, 1.82) is 0 Å². The smallest absolute Gasteiger partial charge is 0.237 e. The molecule has 0 saturated carbocycles. The first-order valence-electron chi connectivity index (χ1n) is 8.73. The van der Waals surface area contributed by atoms with E-state index in [4.69, 9.17) is 16.0 Å². The van der Waals surface area contributed by atoms with Crippen LogP contribution in [0, 0.1) is 13.8 Å². The number of nitrogens with zero attached hydrogens (tertiary/aromatic N) is 3. The standard InChI is InChI=1S/C20H21ClN4O2S/c1-5-10-25-18(15-9-11-27-13(15)3)23-24-20(25)28-14(4)19(26)22-17-8-6-7-16(21)12(17)2/h5-9,11,14H,1,10H2,2-4H3,(H,22,26). The zero-order valence-corrected chi connectivity index (χ0v) is 17.5. The lowest BCUT2D eigenvalue weighted by molar-refractivity contribution is -0.115. The summed E-state index contributed by atoms with van der Waals surface area (Å²) >= 11 is 7.47. The summed E-state index contributed by atoms with van der Waals surface area (Å²) in [5.74, 6) is 1.31. The number of furan rings is 1. The second-order valence-corrected chi connectivity index (χ2v) is 7.97. The highest BCUT2D eigenvalue weighted by molar-refractivity contribution is 8.00. The molecule has 1 atom stereocenters. The van der Waals surface area contributed by atoms with Gasteiger partial charge in [-0.15, -0.1) is 16.8 Å². The molecular formula is C20H21ClN4O2S. The maximum absolute atomic E-state index is 12.7. The van der Waals surface area contributed by atoms with Gasteiger partial charge in [-0.3, -0.25) is 9.36 Å². The van der Waals surface area contributed by atoms with Crippen LogP contribution >= 0.6 is 23.4 Å². The number of aryl methyl sites for hydroxylation is 1. The highest BCUT2D eigenvalue weighted by atomic mass is 35.5. The van der Waals surface area contributed by atoms with Crippen LogP contribution in [0.25, 0.3) is 11.4 Å². The first-order chi connectivity index (χ1) is 13.4. The maximum atomic E-state index is 12.7. The van der Waals surface area contributed by atoms with E-state index in [9.17, 15) is 4.79 Å². The Morgan fingerprint density at radius 3 is 2.86 bits per heavy atom. The van der Waals surface area contributed by atoms with Crippen molar-refractivity contribution in [2.75, 3.05) is 5.32 Å². The van der Waals surface area contributed by atoms with Crippen molar-refractivity contribution in [2.45, 2.75) is 37.7 Å². The minimum atomic E-state index is -0.385. The van der Waals surface area contributed by atoms with Gasteiger partial charge < -0.3 is 9.73 Å². The Kier molecular flexibility index (Phi) is 6.26. The summed E-state index contributed by atoms with van der Waals surface area (Å²) in [6.45, 7) is 9.91. The van der Waals surface area contributed by atoms with Crippen molar-refractivity contribution in [3.63, 3.8) is 0 Å². The average Bonchev–Trinajstić information content (AvgIpc) is 3.25. The summed E-state index contributed by atoms with van der Waals surface area (Å²) in [6.07, 6.45) is 3.39. The molecule has 3 aromatic rings. The van der Waals surface area contributed by atoms with Gasteiger partial charge in [0.05, 0.1) is 17.1 Å². The van der Waals surface area contributed by atoms with Crippen molar-refractivity contribution < 1.29 is 9.21 Å². The fourth-order valence-corrected chi connectivity index (χ4v) is 3.71. The number of benzene rings is 1. The largest absolute Gasteiger partial charge is 0.469 e. The molecule has 0 radical (unpaired) electrons. The molecular weight excluding hydrogens is 396 g/mol. The number of allylic oxidation sites excluding steroid dienone is 1. The Morgan fingerprint density at radius 1 is 1.39 bits per heavy atom. The Bertz CT molecular complexity index is 1010. The van der Waals surface area contributed by atoms with Gasteiger partial charge in [0.15, 0.2) is 11.0 Å². The SMILES string of the molecule is C=CCn1c(SC(C)C(=O)Nc2cccc(Cl)c2C)nnc1-c1ccoc1C. The molecule has 1 N–H and O–H groups in total. The number of hydrogen-bond donors (Lipinski definition) is 1. The van der Waals surface area contributed by atoms with Crippen LogP contribution in [0.5, 0.6) is 0 Å². The van der Waals surface area contributed by atoms with E-state index in [1.165, 1.54) is 11.8 Å². The quantitative estimate of drug-likeness (QED) is 0.427. The van der Waals surface area contributed by atoms with Crippen LogP contribution in [-0.2, 0) is 11.3 Å². The molecule has 1 amide bonds. The van der Waals surface area contributed by atoms with Crippen LogP contribution in [0.4, 0.5) is 5.69 Å². The summed E-state index contributed by atoms with van der Waals surface area (Å²) < 4.78 is 7.30. The van der Waals surface area contributed by atoms with Gasteiger partial charge in [-0.25, -0.2) is 0 Å². The zero-order valence-electron chi connectivity index (χ0n) is 15.9. The van der Waals surface area contributed by atoms with Gasteiger partial charge in [0.1, 0.15) is 5.76 Å². The number of amides is 1. The summed E-state index contributed by atoms with van der Waals surface area (Å²) in [4.78, 5) is 12.7. The lowest BCUT2D eigenvalue weighted by Crippen LogP contribution is -2.23. The molecule has 3 rings (SSSR count). The number of aromatic nitrogens is 3. The highest BCUT2D eigenvalue weighted by Crippen LogP contribution is 2.30. The van der Waals surface area contributed by atoms with Crippen molar-refractivity contribution >= 4 is 35.0 Å². The molecule has 0 aliphatic carbocycles. The zero-order chi connectivity index (χ0) is 20.3. The van der Waals surface area contributed by atoms with Gasteiger partial charge in [0, 0.05) is 17.3 Å². The van der Waals surface area contributed by atoms with Gasteiger partial charge in [-0.2, -0.15) is 0 Å². The van der Waals surface area contributed by atoms with Crippen molar-refractivity contribution in [1.82, 2.24) is 14.8 Å². The van der Waals surface area contributed by atoms with E-state index in [-0.39, 0.29) is 11.2 Å². The van der Waals surface area contributed by atoms with Crippen molar-refractivity contribution in [3.05, 3.63) is 59.5 Å². The minimum absolute atomic E-state index is 0.135. The monoisotopic (exact) mass is 416 g/mol. The number of thioether (sulfide) groups is 1. The van der Waals surface area contributed by atoms with E-state index in [2.05, 4.69) is 22.1 Å². The van der Waals surface area contributed by atoms with Gasteiger partial charge >= 0.3 is 0 Å². The van der Waals surface area contributed by atoms with Crippen LogP contribution in [0.15, 0.2) is 52.8 Å². The number of rotatable bonds is 7. The van der Waals surface area contributed by atoms with E-state index in [1.54, 1.807) is 18.4 Å². The van der Waals surface area contributed by atoms with Crippen LogP contribution in [0.3, 0.4) is 0 Å². The molecule has 2 aromatic heterocycles. The third-order valence-corrected chi connectivity index (χ3v) is 5.80. The minimum Gasteiger partial charge on any atom is -0.469 e. The number of anilines is 1. The van der Waals surface area contributed by atoms with Crippen molar-refractivity contribution in [3.8, 4) is 11.4 Å². The molecule has 0 aliphatic heterocycles. The van der Waals surface area contributed by atoms with Crippen LogP contribution in [0.2, 0.25) is 5.02 Å². The van der Waals surface area contributed by atoms with E-state index in [0.29, 0.717) is 28.2 Å². The third kappa shape index (κ3) is 4.15. The molecule has 0 fully saturated rings. The topological polar surface area (TPSA) is 73.0 Å². The highest BCUT2D eigenvalue weighted by Gasteiger charge is 2.22. The van der Waals surface area contributed by atoms with Gasteiger partial charge in [0.25, 0.3) is 0 Å². The Balaban J connectivity index is 1.80. The number of carbonyl (C=O) groups is 1. The number of halogens is 1. The fourth-order valence-electron chi connectivity index (χ4n) is 2.67. The van der Waals surface area contributed by atoms with Crippen molar-refractivity contribution in [2.24, 2.45) is 0 Å². The van der Waals surface area contributed by atoms with Crippen LogP contribution < -0.4 is 5.32 Å². The number of nitrogens with one attached hydrogen (secondary N) is 1. The van der Waals surface area contributed by atoms with Crippen LogP contribution in [-0.4, -0.2) is 25.9 Å². The lowest BCUT2D eigenvalue weighted by Gasteiger charge is -2.14. The number of hydrogen-bond acceptors (Lipinski definition) is 5. The predicted molar refractivity (Wildman–Crippen MR) is 113 cm³/mol. The summed E-state index contributed by atoms with van der Waals surface area (Å²) in [6, 6.07) is 7.28. The molecule has 28 heavy (non-hydrogen) atoms. The number of carbonyl (C=O) groups excluding carboxylic acids is 1. The van der Waals surface area contributed by atoms with E-state index >= 15 is 0 Å². The van der Waals surface area contributed by atoms with Gasteiger partial charge in [-0.05, 0) is 44.5 Å². The summed E-state index contributed by atoms with van der Waals surface area (Å²) in [5, 5.41) is 12.4. The normalized spacial score (nSPS) is 12.0. The Labute approximate surface area is 173 Å². The Hall–Kier alpha value is -2.51. The van der Waals surface area contributed by atoms with Crippen LogP contribution in [0.1, 0.15) is 18.2 Å². The molecule has 1 unspecified atom stereocenters. The van der Waals surface area contributed by atoms with Gasteiger partial charge in [-0.1, -0.05) is 35.5 Å².